The Morgan fingerprint density at radius 1 is 1.33 bits per heavy atom. The predicted octanol–water partition coefficient (Wildman–Crippen LogP) is 1.49. The van der Waals surface area contributed by atoms with E-state index in [2.05, 4.69) is 17.3 Å². The van der Waals surface area contributed by atoms with E-state index < -0.39 is 11.6 Å². The third-order valence-corrected chi connectivity index (χ3v) is 4.20. The van der Waals surface area contributed by atoms with Crippen LogP contribution in [0.5, 0.6) is 0 Å². The molecule has 1 atom stereocenters. The van der Waals surface area contributed by atoms with Gasteiger partial charge in [0.05, 0.1) is 6.54 Å². The summed E-state index contributed by atoms with van der Waals surface area (Å²) in [6.45, 7) is 1.61. The molecular weight excluding hydrogens is 276 g/mol. The van der Waals surface area contributed by atoms with Crippen LogP contribution in [0.1, 0.15) is 24.6 Å². The lowest BCUT2D eigenvalue weighted by atomic mass is 10.1. The SMILES string of the molecule is CN(CCN1C(=O)CNC1c1ccc(F)c(F)c1)C1CC1. The van der Waals surface area contributed by atoms with Gasteiger partial charge in [0.1, 0.15) is 6.17 Å². The molecule has 4 nitrogen and oxygen atoms in total. The molecular formula is C15H19F2N3O. The number of halogens is 2. The van der Waals surface area contributed by atoms with Crippen LogP contribution in [-0.2, 0) is 4.79 Å². The fourth-order valence-electron chi connectivity index (χ4n) is 2.74. The Bertz CT molecular complexity index is 548. The number of carbonyl (C=O) groups excluding carboxylic acids is 1. The molecule has 0 bridgehead atoms. The van der Waals surface area contributed by atoms with Gasteiger partial charge in [0.2, 0.25) is 5.91 Å². The molecule has 1 amide bonds. The number of nitrogens with one attached hydrogen (secondary N) is 1. The van der Waals surface area contributed by atoms with E-state index in [-0.39, 0.29) is 18.6 Å². The molecule has 2 fully saturated rings. The number of carbonyl (C=O) groups is 1. The first-order valence-electron chi connectivity index (χ1n) is 7.24. The molecule has 1 heterocycles. The van der Waals surface area contributed by atoms with Gasteiger partial charge in [-0.3, -0.25) is 10.1 Å². The lowest BCUT2D eigenvalue weighted by Crippen LogP contribution is -2.37. The van der Waals surface area contributed by atoms with Crippen molar-refractivity contribution < 1.29 is 13.6 Å². The monoisotopic (exact) mass is 295 g/mol. The van der Waals surface area contributed by atoms with E-state index in [1.165, 1.54) is 18.9 Å². The van der Waals surface area contributed by atoms with Crippen LogP contribution in [0, 0.1) is 11.6 Å². The Kier molecular flexibility index (Phi) is 3.91. The van der Waals surface area contributed by atoms with E-state index in [1.807, 2.05) is 0 Å². The number of amides is 1. The quantitative estimate of drug-likeness (QED) is 0.894. The highest BCUT2D eigenvalue weighted by atomic mass is 19.2. The first kappa shape index (κ1) is 14.4. The molecule has 1 aliphatic carbocycles. The van der Waals surface area contributed by atoms with Gasteiger partial charge in [-0.25, -0.2) is 8.78 Å². The molecule has 21 heavy (non-hydrogen) atoms. The van der Waals surface area contributed by atoms with Crippen molar-refractivity contribution >= 4 is 5.91 Å². The van der Waals surface area contributed by atoms with Crippen LogP contribution in [0.4, 0.5) is 8.78 Å². The first-order valence-corrected chi connectivity index (χ1v) is 7.24. The molecule has 1 saturated carbocycles. The van der Waals surface area contributed by atoms with Gasteiger partial charge in [0.15, 0.2) is 11.6 Å². The molecule has 6 heteroatoms. The second kappa shape index (κ2) is 5.69. The normalized spacial score (nSPS) is 22.4. The van der Waals surface area contributed by atoms with Crippen molar-refractivity contribution in [1.29, 1.82) is 0 Å². The maximum Gasteiger partial charge on any atom is 0.238 e. The number of nitrogens with zero attached hydrogens (tertiary/aromatic N) is 2. The maximum absolute atomic E-state index is 13.4. The minimum absolute atomic E-state index is 0.00562. The molecule has 1 aromatic rings. The van der Waals surface area contributed by atoms with Crippen molar-refractivity contribution in [3.63, 3.8) is 0 Å². The molecule has 1 N–H and O–H groups in total. The highest BCUT2D eigenvalue weighted by Crippen LogP contribution is 2.27. The van der Waals surface area contributed by atoms with Gasteiger partial charge in [0.25, 0.3) is 0 Å². The van der Waals surface area contributed by atoms with E-state index in [0.29, 0.717) is 18.2 Å². The zero-order valence-electron chi connectivity index (χ0n) is 12.0. The molecule has 114 valence electrons. The zero-order chi connectivity index (χ0) is 15.0. The summed E-state index contributed by atoms with van der Waals surface area (Å²) in [4.78, 5) is 15.9. The molecule has 3 rings (SSSR count). The van der Waals surface area contributed by atoms with Gasteiger partial charge >= 0.3 is 0 Å². The summed E-state index contributed by atoms with van der Waals surface area (Å²) in [6, 6.07) is 4.41. The molecule has 1 saturated heterocycles. The van der Waals surface area contributed by atoms with Crippen LogP contribution < -0.4 is 5.32 Å². The van der Waals surface area contributed by atoms with Crippen molar-refractivity contribution in [2.24, 2.45) is 0 Å². The average Bonchev–Trinajstić information content (AvgIpc) is 3.24. The highest BCUT2D eigenvalue weighted by molar-refractivity contribution is 5.80. The summed E-state index contributed by atoms with van der Waals surface area (Å²) in [6.07, 6.45) is 2.06. The van der Waals surface area contributed by atoms with Crippen molar-refractivity contribution in [3.05, 3.63) is 35.4 Å². The smallest absolute Gasteiger partial charge is 0.238 e. The minimum atomic E-state index is -0.885. The molecule has 0 radical (unpaired) electrons. The summed E-state index contributed by atoms with van der Waals surface area (Å²) >= 11 is 0. The second-order valence-electron chi connectivity index (χ2n) is 5.76. The Balaban J connectivity index is 1.70. The van der Waals surface area contributed by atoms with Crippen molar-refractivity contribution in [1.82, 2.24) is 15.1 Å². The number of hydrogen-bond acceptors (Lipinski definition) is 3. The Morgan fingerprint density at radius 2 is 2.10 bits per heavy atom. The lowest BCUT2D eigenvalue weighted by Gasteiger charge is -2.27. The third-order valence-electron chi connectivity index (χ3n) is 4.20. The summed E-state index contributed by atoms with van der Waals surface area (Å²) < 4.78 is 26.4. The topological polar surface area (TPSA) is 35.6 Å². The minimum Gasteiger partial charge on any atom is -0.321 e. The third kappa shape index (κ3) is 3.06. The van der Waals surface area contributed by atoms with E-state index in [1.54, 1.807) is 4.90 Å². The molecule has 1 aliphatic heterocycles. The van der Waals surface area contributed by atoms with Gasteiger partial charge in [-0.2, -0.15) is 0 Å². The van der Waals surface area contributed by atoms with Crippen molar-refractivity contribution in [2.75, 3.05) is 26.7 Å². The fourth-order valence-corrected chi connectivity index (χ4v) is 2.74. The average molecular weight is 295 g/mol. The first-order chi connectivity index (χ1) is 10.1. The molecule has 2 aliphatic rings. The number of rotatable bonds is 5. The van der Waals surface area contributed by atoms with Crippen LogP contribution in [0.3, 0.4) is 0 Å². The van der Waals surface area contributed by atoms with E-state index >= 15 is 0 Å². The Morgan fingerprint density at radius 3 is 2.76 bits per heavy atom. The van der Waals surface area contributed by atoms with Crippen LogP contribution in [0.25, 0.3) is 0 Å². The maximum atomic E-state index is 13.4. The van der Waals surface area contributed by atoms with Gasteiger partial charge in [-0.15, -0.1) is 0 Å². The van der Waals surface area contributed by atoms with Crippen molar-refractivity contribution in [2.45, 2.75) is 25.0 Å². The standard InChI is InChI=1S/C15H19F2N3O/c1-19(11-3-4-11)6-7-20-14(21)9-18-15(20)10-2-5-12(16)13(17)8-10/h2,5,8,11,15,18H,3-4,6-7,9H2,1H3. The second-order valence-corrected chi connectivity index (χ2v) is 5.76. The number of hydrogen-bond donors (Lipinski definition) is 1. The zero-order valence-corrected chi connectivity index (χ0v) is 12.0. The largest absolute Gasteiger partial charge is 0.321 e. The Hall–Kier alpha value is -1.53. The molecule has 0 aromatic heterocycles. The van der Waals surface area contributed by atoms with Gasteiger partial charge in [-0.05, 0) is 37.6 Å². The van der Waals surface area contributed by atoms with E-state index in [0.717, 1.165) is 18.7 Å². The van der Waals surface area contributed by atoms with Crippen LogP contribution in [-0.4, -0.2) is 48.4 Å². The number of benzene rings is 1. The van der Waals surface area contributed by atoms with E-state index in [4.69, 9.17) is 0 Å². The molecule has 1 unspecified atom stereocenters. The number of likely N-dealkylation sites (N-methyl/N-ethyl adjacent to an activating group) is 1. The van der Waals surface area contributed by atoms with Crippen molar-refractivity contribution in [3.8, 4) is 0 Å². The van der Waals surface area contributed by atoms with Gasteiger partial charge in [-0.1, -0.05) is 6.07 Å². The molecule has 1 aromatic carbocycles. The fraction of sp³-hybridized carbons (Fsp3) is 0.533. The highest BCUT2D eigenvalue weighted by Gasteiger charge is 2.33. The summed E-state index contributed by atoms with van der Waals surface area (Å²) in [5, 5.41) is 3.06. The summed E-state index contributed by atoms with van der Waals surface area (Å²) in [5.74, 6) is -1.76. The van der Waals surface area contributed by atoms with E-state index in [9.17, 15) is 13.6 Å². The van der Waals surface area contributed by atoms with Crippen LogP contribution >= 0.6 is 0 Å². The summed E-state index contributed by atoms with van der Waals surface area (Å²) in [7, 11) is 2.05. The predicted molar refractivity (Wildman–Crippen MR) is 74.5 cm³/mol. The van der Waals surface area contributed by atoms with Gasteiger partial charge < -0.3 is 9.80 Å². The Labute approximate surface area is 122 Å². The lowest BCUT2D eigenvalue weighted by molar-refractivity contribution is -0.128. The van der Waals surface area contributed by atoms with Crippen LogP contribution in [0.15, 0.2) is 18.2 Å². The molecule has 0 spiro atoms. The van der Waals surface area contributed by atoms with Crippen LogP contribution in [0.2, 0.25) is 0 Å². The van der Waals surface area contributed by atoms with Gasteiger partial charge in [0, 0.05) is 19.1 Å². The summed E-state index contributed by atoms with van der Waals surface area (Å²) in [5.41, 5.74) is 0.578.